The summed E-state index contributed by atoms with van der Waals surface area (Å²) in [5.74, 6) is 0. The Bertz CT molecular complexity index is 123. The van der Waals surface area contributed by atoms with Gasteiger partial charge in [0, 0.05) is 12.5 Å². The molecule has 0 radical (unpaired) electrons. The highest BCUT2D eigenvalue weighted by molar-refractivity contribution is 4.64. The first-order chi connectivity index (χ1) is 5.95. The van der Waals surface area contributed by atoms with Gasteiger partial charge in [-0.2, -0.15) is 13.2 Å². The molecule has 0 saturated heterocycles. The van der Waals surface area contributed by atoms with Gasteiger partial charge in [-0.3, -0.25) is 0 Å². The number of hydrogen-bond acceptors (Lipinski definition) is 1. The van der Waals surface area contributed by atoms with Crippen molar-refractivity contribution in [1.29, 1.82) is 0 Å². The van der Waals surface area contributed by atoms with Crippen molar-refractivity contribution in [2.45, 2.75) is 57.7 Å². The molecule has 1 nitrogen and oxygen atoms in total. The lowest BCUT2D eigenvalue weighted by Gasteiger charge is -2.12. The summed E-state index contributed by atoms with van der Waals surface area (Å²) < 4.78 is 35.2. The molecule has 13 heavy (non-hydrogen) atoms. The fraction of sp³-hybridized carbons (Fsp3) is 1.00. The lowest BCUT2D eigenvalue weighted by molar-refractivity contribution is -0.136. The number of nitrogens with two attached hydrogens (primary N) is 1. The van der Waals surface area contributed by atoms with E-state index in [4.69, 9.17) is 5.73 Å². The average Bonchev–Trinajstić information content (AvgIpc) is 2.00. The maximum atomic E-state index is 11.7. The summed E-state index contributed by atoms with van der Waals surface area (Å²) in [7, 11) is 0. The van der Waals surface area contributed by atoms with Gasteiger partial charge in [0.05, 0.1) is 0 Å². The zero-order valence-electron chi connectivity index (χ0n) is 8.03. The van der Waals surface area contributed by atoms with Crippen molar-refractivity contribution in [3.05, 3.63) is 0 Å². The topological polar surface area (TPSA) is 26.0 Å². The molecule has 0 bridgehead atoms. The van der Waals surface area contributed by atoms with Crippen LogP contribution in [0.15, 0.2) is 0 Å². The van der Waals surface area contributed by atoms with Gasteiger partial charge in [-0.05, 0) is 12.8 Å². The number of rotatable bonds is 6. The molecule has 4 heteroatoms. The van der Waals surface area contributed by atoms with Crippen LogP contribution in [0.5, 0.6) is 0 Å². The fourth-order valence-corrected chi connectivity index (χ4v) is 1.15. The zero-order valence-corrected chi connectivity index (χ0v) is 8.03. The van der Waals surface area contributed by atoms with Crippen molar-refractivity contribution in [3.8, 4) is 0 Å². The molecule has 0 rings (SSSR count). The van der Waals surface area contributed by atoms with E-state index >= 15 is 0 Å². The first-order valence-corrected chi connectivity index (χ1v) is 4.78. The fourth-order valence-electron chi connectivity index (χ4n) is 1.15. The SMILES string of the molecule is CCCCCC(N)CCC(F)(F)F. The van der Waals surface area contributed by atoms with Crippen LogP contribution in [0.2, 0.25) is 0 Å². The van der Waals surface area contributed by atoms with Crippen LogP contribution in [-0.4, -0.2) is 12.2 Å². The minimum Gasteiger partial charge on any atom is -0.328 e. The molecule has 0 aromatic heterocycles. The minimum atomic E-state index is -4.05. The third kappa shape index (κ3) is 9.67. The molecule has 0 heterocycles. The summed E-state index contributed by atoms with van der Waals surface area (Å²) in [6.45, 7) is 2.06. The van der Waals surface area contributed by atoms with Crippen molar-refractivity contribution in [1.82, 2.24) is 0 Å². The van der Waals surface area contributed by atoms with E-state index in [1.54, 1.807) is 0 Å². The predicted molar refractivity (Wildman–Crippen MR) is 47.4 cm³/mol. The molecule has 0 aromatic rings. The van der Waals surface area contributed by atoms with Gasteiger partial charge in [-0.1, -0.05) is 26.2 Å². The van der Waals surface area contributed by atoms with Crippen LogP contribution in [0.25, 0.3) is 0 Å². The standard InChI is InChI=1S/C9H18F3N/c1-2-3-4-5-8(13)6-7-9(10,11)12/h8H,2-7,13H2,1H3. The number of alkyl halides is 3. The van der Waals surface area contributed by atoms with E-state index in [2.05, 4.69) is 6.92 Å². The normalized spacial score (nSPS) is 14.5. The molecule has 80 valence electrons. The Balaban J connectivity index is 3.35. The lowest BCUT2D eigenvalue weighted by Crippen LogP contribution is -2.22. The predicted octanol–water partition coefficient (Wildman–Crippen LogP) is 3.24. The zero-order chi connectivity index (χ0) is 10.3. The second-order valence-electron chi connectivity index (χ2n) is 3.41. The maximum absolute atomic E-state index is 11.7. The molecule has 0 amide bonds. The van der Waals surface area contributed by atoms with Crippen LogP contribution in [0.4, 0.5) is 13.2 Å². The molecule has 0 fully saturated rings. The van der Waals surface area contributed by atoms with Crippen LogP contribution < -0.4 is 5.73 Å². The quantitative estimate of drug-likeness (QED) is 0.650. The van der Waals surface area contributed by atoms with Crippen LogP contribution in [0.3, 0.4) is 0 Å². The summed E-state index contributed by atoms with van der Waals surface area (Å²) in [6.07, 6.45) is -0.957. The molecular formula is C9H18F3N. The highest BCUT2D eigenvalue weighted by atomic mass is 19.4. The molecule has 0 aliphatic heterocycles. The first-order valence-electron chi connectivity index (χ1n) is 4.78. The number of hydrogen-bond donors (Lipinski definition) is 1. The van der Waals surface area contributed by atoms with Crippen molar-refractivity contribution in [3.63, 3.8) is 0 Å². The van der Waals surface area contributed by atoms with Gasteiger partial charge in [0.1, 0.15) is 0 Å². The van der Waals surface area contributed by atoms with Gasteiger partial charge in [-0.25, -0.2) is 0 Å². The first kappa shape index (κ1) is 12.8. The third-order valence-corrected chi connectivity index (χ3v) is 1.98. The van der Waals surface area contributed by atoms with Crippen molar-refractivity contribution >= 4 is 0 Å². The Morgan fingerprint density at radius 3 is 2.23 bits per heavy atom. The van der Waals surface area contributed by atoms with Gasteiger partial charge in [0.25, 0.3) is 0 Å². The van der Waals surface area contributed by atoms with E-state index in [0.717, 1.165) is 19.3 Å². The lowest BCUT2D eigenvalue weighted by atomic mass is 10.0. The molecule has 0 spiro atoms. The summed E-state index contributed by atoms with van der Waals surface area (Å²) in [6, 6.07) is -0.284. The summed E-state index contributed by atoms with van der Waals surface area (Å²) in [5.41, 5.74) is 5.52. The largest absolute Gasteiger partial charge is 0.389 e. The van der Waals surface area contributed by atoms with Crippen LogP contribution >= 0.6 is 0 Å². The molecule has 0 aromatic carbocycles. The second kappa shape index (κ2) is 6.24. The molecule has 1 unspecified atom stereocenters. The Morgan fingerprint density at radius 1 is 1.15 bits per heavy atom. The van der Waals surface area contributed by atoms with E-state index in [0.29, 0.717) is 6.42 Å². The van der Waals surface area contributed by atoms with Gasteiger partial charge in [0.2, 0.25) is 0 Å². The monoisotopic (exact) mass is 197 g/mol. The van der Waals surface area contributed by atoms with Gasteiger partial charge in [-0.15, -0.1) is 0 Å². The summed E-state index contributed by atoms with van der Waals surface area (Å²) in [5, 5.41) is 0. The smallest absolute Gasteiger partial charge is 0.328 e. The molecule has 1 atom stereocenters. The molecule has 2 N–H and O–H groups in total. The Hall–Kier alpha value is -0.250. The maximum Gasteiger partial charge on any atom is 0.389 e. The molecule has 0 aliphatic rings. The Morgan fingerprint density at radius 2 is 1.77 bits per heavy atom. The van der Waals surface area contributed by atoms with Crippen molar-refractivity contribution in [2.75, 3.05) is 0 Å². The van der Waals surface area contributed by atoms with Gasteiger partial charge < -0.3 is 5.73 Å². The Labute approximate surface area is 77.5 Å². The van der Waals surface area contributed by atoms with E-state index in [1.807, 2.05) is 0 Å². The van der Waals surface area contributed by atoms with Crippen LogP contribution in [0, 0.1) is 0 Å². The highest BCUT2D eigenvalue weighted by Crippen LogP contribution is 2.22. The van der Waals surface area contributed by atoms with Gasteiger partial charge in [0.15, 0.2) is 0 Å². The highest BCUT2D eigenvalue weighted by Gasteiger charge is 2.27. The number of unbranched alkanes of at least 4 members (excludes halogenated alkanes) is 2. The second-order valence-corrected chi connectivity index (χ2v) is 3.41. The third-order valence-electron chi connectivity index (χ3n) is 1.98. The van der Waals surface area contributed by atoms with Crippen molar-refractivity contribution in [2.24, 2.45) is 5.73 Å². The van der Waals surface area contributed by atoms with E-state index in [9.17, 15) is 13.2 Å². The summed E-state index contributed by atoms with van der Waals surface area (Å²) in [4.78, 5) is 0. The molecular weight excluding hydrogens is 179 g/mol. The van der Waals surface area contributed by atoms with E-state index in [1.165, 1.54) is 0 Å². The summed E-state index contributed by atoms with van der Waals surface area (Å²) >= 11 is 0. The molecule has 0 aliphatic carbocycles. The average molecular weight is 197 g/mol. The number of halogens is 3. The van der Waals surface area contributed by atoms with Crippen molar-refractivity contribution < 1.29 is 13.2 Å². The van der Waals surface area contributed by atoms with E-state index < -0.39 is 12.6 Å². The minimum absolute atomic E-state index is 0.0627. The van der Waals surface area contributed by atoms with Gasteiger partial charge >= 0.3 is 6.18 Å². The Kier molecular flexibility index (Phi) is 6.12. The van der Waals surface area contributed by atoms with Crippen LogP contribution in [0.1, 0.15) is 45.4 Å². The molecule has 0 saturated carbocycles. The van der Waals surface area contributed by atoms with E-state index in [-0.39, 0.29) is 12.5 Å². The van der Waals surface area contributed by atoms with Crippen LogP contribution in [-0.2, 0) is 0 Å².